The average Bonchev–Trinajstić information content (AvgIpc) is 3.44. The fourth-order valence-electron chi connectivity index (χ4n) is 9.93. The van der Waals surface area contributed by atoms with Crippen molar-refractivity contribution in [3.05, 3.63) is 72.9 Å². The van der Waals surface area contributed by atoms with Gasteiger partial charge in [0.15, 0.2) is 6.10 Å². The van der Waals surface area contributed by atoms with Gasteiger partial charge in [-0.15, -0.1) is 0 Å². The first kappa shape index (κ1) is 74.8. The summed E-state index contributed by atoms with van der Waals surface area (Å²) in [7, 11) is 0. The summed E-state index contributed by atoms with van der Waals surface area (Å²) in [6.07, 6.45) is 86.7. The first-order valence-corrected chi connectivity index (χ1v) is 33.9. The second-order valence-electron chi connectivity index (χ2n) is 22.7. The van der Waals surface area contributed by atoms with E-state index in [9.17, 15) is 14.4 Å². The summed E-state index contributed by atoms with van der Waals surface area (Å²) in [6.45, 7) is 6.49. The monoisotopic (exact) mass is 1090 g/mol. The maximum atomic E-state index is 12.9. The molecule has 0 aliphatic carbocycles. The molecule has 6 nitrogen and oxygen atoms in total. The molecule has 0 heterocycles. The molecule has 1 unspecified atom stereocenters. The third-order valence-electron chi connectivity index (χ3n) is 15.0. The quantitative estimate of drug-likeness (QED) is 0.0261. The smallest absolute Gasteiger partial charge is 0.309 e. The minimum Gasteiger partial charge on any atom is -0.462 e. The van der Waals surface area contributed by atoms with Crippen molar-refractivity contribution in [2.24, 2.45) is 0 Å². The number of hydrogen-bond donors (Lipinski definition) is 0. The molecule has 0 radical (unpaired) electrons. The lowest BCUT2D eigenvalue weighted by Gasteiger charge is -2.18. The predicted octanol–water partition coefficient (Wildman–Crippen LogP) is 23.3. The summed E-state index contributed by atoms with van der Waals surface area (Å²) in [5.74, 6) is -1.02. The molecular weight excluding hydrogens is 961 g/mol. The summed E-state index contributed by atoms with van der Waals surface area (Å²) < 4.78 is 16.9. The standard InChI is InChI=1S/C72H128O6/c1-4-7-10-13-16-19-22-25-28-30-32-33-34-35-36-37-38-40-41-44-47-50-53-56-59-62-65-71(74)77-68-69(67-76-70(73)64-61-58-55-52-49-46-43-27-24-21-18-15-12-9-6-3)78-72(75)66-63-60-57-54-51-48-45-42-39-31-29-26-23-20-17-14-11-8-5-2/h9,12,18,21,26-27,29,43,49,52,58,61,69H,4-8,10-11,13-17,19-20,22-25,28,30-42,44-48,50-51,53-57,59-60,62-68H2,1-3H3/b12-9-,21-18-,29-26-,43-27-,52-49-,61-58-. The molecule has 0 saturated heterocycles. The van der Waals surface area contributed by atoms with Crippen LogP contribution in [0.15, 0.2) is 72.9 Å². The van der Waals surface area contributed by atoms with Crippen molar-refractivity contribution in [1.82, 2.24) is 0 Å². The highest BCUT2D eigenvalue weighted by molar-refractivity contribution is 5.72. The van der Waals surface area contributed by atoms with Gasteiger partial charge in [0.25, 0.3) is 0 Å². The summed E-state index contributed by atoms with van der Waals surface area (Å²) in [5, 5.41) is 0. The van der Waals surface area contributed by atoms with Crippen LogP contribution in [0.5, 0.6) is 0 Å². The normalized spacial score (nSPS) is 12.5. The summed E-state index contributed by atoms with van der Waals surface area (Å²) in [5.41, 5.74) is 0. The molecule has 0 aliphatic heterocycles. The van der Waals surface area contributed by atoms with Gasteiger partial charge in [0, 0.05) is 12.8 Å². The van der Waals surface area contributed by atoms with Crippen molar-refractivity contribution >= 4 is 17.9 Å². The van der Waals surface area contributed by atoms with E-state index in [4.69, 9.17) is 14.2 Å². The van der Waals surface area contributed by atoms with E-state index in [1.54, 1.807) is 0 Å². The van der Waals surface area contributed by atoms with Crippen LogP contribution in [0.1, 0.15) is 348 Å². The minimum absolute atomic E-state index is 0.103. The van der Waals surface area contributed by atoms with E-state index >= 15 is 0 Å². The zero-order valence-electron chi connectivity index (χ0n) is 51.9. The summed E-state index contributed by atoms with van der Waals surface area (Å²) in [4.78, 5) is 38.3. The number of unbranched alkanes of at least 4 members (excludes halogenated alkanes) is 40. The lowest BCUT2D eigenvalue weighted by atomic mass is 10.0. The van der Waals surface area contributed by atoms with Gasteiger partial charge in [0.05, 0.1) is 6.42 Å². The Balaban J connectivity index is 4.32. The van der Waals surface area contributed by atoms with Crippen LogP contribution in [0.3, 0.4) is 0 Å². The number of carbonyl (C=O) groups excluding carboxylic acids is 3. The highest BCUT2D eigenvalue weighted by Crippen LogP contribution is 2.18. The molecule has 78 heavy (non-hydrogen) atoms. The summed E-state index contributed by atoms with van der Waals surface area (Å²) in [6, 6.07) is 0. The lowest BCUT2D eigenvalue weighted by Crippen LogP contribution is -2.30. The van der Waals surface area contributed by atoms with Crippen molar-refractivity contribution < 1.29 is 28.6 Å². The fourth-order valence-corrected chi connectivity index (χ4v) is 9.93. The number of rotatable bonds is 62. The van der Waals surface area contributed by atoms with Gasteiger partial charge in [-0.2, -0.15) is 0 Å². The topological polar surface area (TPSA) is 78.9 Å². The molecule has 0 bridgehead atoms. The zero-order chi connectivity index (χ0) is 56.4. The van der Waals surface area contributed by atoms with Crippen LogP contribution >= 0.6 is 0 Å². The van der Waals surface area contributed by atoms with Crippen LogP contribution in [-0.2, 0) is 28.6 Å². The van der Waals surface area contributed by atoms with E-state index in [0.717, 1.165) is 70.6 Å². The SMILES string of the molecule is CC/C=C\C/C=C\C/C=C\C/C=C\C/C=C\CC(=O)OCC(COC(=O)CCCCCCCCCCCCCCCCCCCCCCCCCCCC)OC(=O)CCCCCCCCCCC/C=C\CCCCCCCC. The van der Waals surface area contributed by atoms with Gasteiger partial charge in [0.1, 0.15) is 13.2 Å². The maximum Gasteiger partial charge on any atom is 0.309 e. The van der Waals surface area contributed by atoms with Gasteiger partial charge in [-0.05, 0) is 70.6 Å². The first-order chi connectivity index (χ1) is 38.5. The Morgan fingerprint density at radius 2 is 0.551 bits per heavy atom. The first-order valence-electron chi connectivity index (χ1n) is 33.9. The maximum absolute atomic E-state index is 12.9. The van der Waals surface area contributed by atoms with Crippen LogP contribution in [0.25, 0.3) is 0 Å². The minimum atomic E-state index is -0.816. The molecule has 0 rings (SSSR count). The van der Waals surface area contributed by atoms with Crippen LogP contribution in [-0.4, -0.2) is 37.2 Å². The number of allylic oxidation sites excluding steroid dienone is 11. The van der Waals surface area contributed by atoms with Gasteiger partial charge in [-0.1, -0.05) is 331 Å². The molecule has 0 fully saturated rings. The molecule has 0 N–H and O–H groups in total. The van der Waals surface area contributed by atoms with Crippen molar-refractivity contribution in [2.45, 2.75) is 354 Å². The molecule has 0 amide bonds. The van der Waals surface area contributed by atoms with Crippen molar-refractivity contribution in [3.63, 3.8) is 0 Å². The molecule has 0 saturated carbocycles. The predicted molar refractivity (Wildman–Crippen MR) is 339 cm³/mol. The number of carbonyl (C=O) groups is 3. The van der Waals surface area contributed by atoms with Gasteiger partial charge < -0.3 is 14.2 Å². The number of ether oxygens (including phenoxy) is 3. The molecule has 6 heteroatoms. The number of esters is 3. The van der Waals surface area contributed by atoms with Gasteiger partial charge in [-0.3, -0.25) is 14.4 Å². The third kappa shape index (κ3) is 63.7. The second kappa shape index (κ2) is 66.4. The Kier molecular flexibility index (Phi) is 63.7. The van der Waals surface area contributed by atoms with Crippen LogP contribution in [0.4, 0.5) is 0 Å². The van der Waals surface area contributed by atoms with Gasteiger partial charge in [0.2, 0.25) is 0 Å². The summed E-state index contributed by atoms with van der Waals surface area (Å²) >= 11 is 0. The van der Waals surface area contributed by atoms with Crippen LogP contribution in [0, 0.1) is 0 Å². The molecule has 452 valence electrons. The third-order valence-corrected chi connectivity index (χ3v) is 15.0. The van der Waals surface area contributed by atoms with E-state index in [-0.39, 0.29) is 31.6 Å². The molecule has 0 aromatic carbocycles. The average molecular weight is 1090 g/mol. The molecule has 0 aromatic heterocycles. The number of hydrogen-bond acceptors (Lipinski definition) is 6. The second-order valence-corrected chi connectivity index (χ2v) is 22.7. The molecule has 0 spiro atoms. The van der Waals surface area contributed by atoms with E-state index in [2.05, 4.69) is 81.5 Å². The van der Waals surface area contributed by atoms with E-state index in [1.807, 2.05) is 12.2 Å². The van der Waals surface area contributed by atoms with Crippen LogP contribution < -0.4 is 0 Å². The molecular formula is C72H128O6. The van der Waals surface area contributed by atoms with Gasteiger partial charge in [-0.25, -0.2) is 0 Å². The van der Waals surface area contributed by atoms with Crippen LogP contribution in [0.2, 0.25) is 0 Å². The fraction of sp³-hybridized carbons (Fsp3) is 0.792. The van der Waals surface area contributed by atoms with E-state index < -0.39 is 12.1 Å². The Bertz CT molecular complexity index is 1440. The van der Waals surface area contributed by atoms with Crippen molar-refractivity contribution in [1.29, 1.82) is 0 Å². The Labute approximate surface area is 484 Å². The molecule has 0 aromatic rings. The largest absolute Gasteiger partial charge is 0.462 e. The Hall–Kier alpha value is -3.15. The molecule has 1 atom stereocenters. The highest BCUT2D eigenvalue weighted by Gasteiger charge is 2.19. The Morgan fingerprint density at radius 3 is 0.885 bits per heavy atom. The molecule has 0 aliphatic rings. The lowest BCUT2D eigenvalue weighted by molar-refractivity contribution is -0.166. The Morgan fingerprint density at radius 1 is 0.282 bits per heavy atom. The zero-order valence-corrected chi connectivity index (χ0v) is 51.9. The van der Waals surface area contributed by atoms with Crippen molar-refractivity contribution in [3.8, 4) is 0 Å². The van der Waals surface area contributed by atoms with E-state index in [0.29, 0.717) is 12.8 Å². The van der Waals surface area contributed by atoms with Crippen molar-refractivity contribution in [2.75, 3.05) is 13.2 Å². The highest BCUT2D eigenvalue weighted by atomic mass is 16.6. The van der Waals surface area contributed by atoms with E-state index in [1.165, 1.54) is 238 Å². The van der Waals surface area contributed by atoms with Gasteiger partial charge >= 0.3 is 17.9 Å².